The van der Waals surface area contributed by atoms with Crippen molar-refractivity contribution in [3.05, 3.63) is 4.88 Å². The molecule has 0 radical (unpaired) electrons. The predicted molar refractivity (Wildman–Crippen MR) is 73.0 cm³/mol. The van der Waals surface area contributed by atoms with E-state index >= 15 is 0 Å². The number of nitrogens with zero attached hydrogens (tertiary/aromatic N) is 2. The van der Waals surface area contributed by atoms with Gasteiger partial charge in [0.05, 0.1) is 0 Å². The number of nitrogens with two attached hydrogens (primary N) is 1. The van der Waals surface area contributed by atoms with E-state index in [9.17, 15) is 4.79 Å². The number of hydrogen-bond acceptors (Lipinski definition) is 5. The molecule has 98 valence electrons. The van der Waals surface area contributed by atoms with Crippen molar-refractivity contribution in [2.24, 2.45) is 5.92 Å². The van der Waals surface area contributed by atoms with Crippen LogP contribution in [0.5, 0.6) is 0 Å². The number of hydrogen-bond donors (Lipinski definition) is 2. The molecule has 5 nitrogen and oxygen atoms in total. The minimum absolute atomic E-state index is 0.0673. The summed E-state index contributed by atoms with van der Waals surface area (Å²) in [6.07, 6.45) is 4.86. The highest BCUT2D eigenvalue weighted by Gasteiger charge is 2.24. The van der Waals surface area contributed by atoms with Gasteiger partial charge >= 0.3 is 0 Å². The fourth-order valence-corrected chi connectivity index (χ4v) is 3.12. The zero-order chi connectivity index (χ0) is 12.5. The third-order valence-corrected chi connectivity index (χ3v) is 4.60. The number of aromatic nitrogens is 1. The Kier molecular flexibility index (Phi) is 3.11. The Morgan fingerprint density at radius 3 is 2.83 bits per heavy atom. The largest absolute Gasteiger partial charge is 0.382 e. The number of carbonyl (C=O) groups excluding carboxylic acids is 1. The van der Waals surface area contributed by atoms with Crippen LogP contribution >= 0.6 is 11.3 Å². The lowest BCUT2D eigenvalue weighted by molar-refractivity contribution is 0.0956. The highest BCUT2D eigenvalue weighted by molar-refractivity contribution is 7.18. The smallest absolute Gasteiger partial charge is 0.265 e. The Morgan fingerprint density at radius 1 is 1.44 bits per heavy atom. The van der Waals surface area contributed by atoms with Gasteiger partial charge in [0.2, 0.25) is 0 Å². The van der Waals surface area contributed by atoms with Crippen molar-refractivity contribution in [2.45, 2.75) is 25.7 Å². The van der Waals surface area contributed by atoms with Gasteiger partial charge in [-0.25, -0.2) is 4.98 Å². The van der Waals surface area contributed by atoms with Gasteiger partial charge in [-0.3, -0.25) is 4.79 Å². The number of carbonyl (C=O) groups is 1. The molecule has 1 aliphatic carbocycles. The third-order valence-electron chi connectivity index (χ3n) is 3.47. The van der Waals surface area contributed by atoms with Crippen molar-refractivity contribution in [3.8, 4) is 0 Å². The number of thiazole rings is 1. The Labute approximate surface area is 110 Å². The molecule has 1 saturated heterocycles. The van der Waals surface area contributed by atoms with E-state index in [0.717, 1.165) is 24.8 Å². The van der Waals surface area contributed by atoms with E-state index in [1.165, 1.54) is 37.0 Å². The molecule has 2 heterocycles. The van der Waals surface area contributed by atoms with E-state index in [-0.39, 0.29) is 5.91 Å². The van der Waals surface area contributed by atoms with Gasteiger partial charge in [0, 0.05) is 19.6 Å². The molecular formula is C12H18N4OS. The molecule has 2 aliphatic rings. The molecule has 3 N–H and O–H groups in total. The summed E-state index contributed by atoms with van der Waals surface area (Å²) in [7, 11) is 0. The number of rotatable bonds is 4. The van der Waals surface area contributed by atoms with Crippen LogP contribution in [0.2, 0.25) is 0 Å². The van der Waals surface area contributed by atoms with Crippen LogP contribution < -0.4 is 16.0 Å². The first-order valence-corrected chi connectivity index (χ1v) is 7.35. The van der Waals surface area contributed by atoms with Crippen LogP contribution in [-0.2, 0) is 0 Å². The lowest BCUT2D eigenvalue weighted by Crippen LogP contribution is -2.25. The maximum absolute atomic E-state index is 12.0. The van der Waals surface area contributed by atoms with Crippen LogP contribution in [-0.4, -0.2) is 30.5 Å². The normalized spacial score (nSPS) is 19.2. The Balaban J connectivity index is 1.68. The first-order chi connectivity index (χ1) is 8.74. The SMILES string of the molecule is Nc1nc(N2CCCC2)sc1C(=O)NCC1CC1. The Morgan fingerprint density at radius 2 is 2.17 bits per heavy atom. The molecule has 0 spiro atoms. The summed E-state index contributed by atoms with van der Waals surface area (Å²) in [4.78, 5) is 19.1. The molecule has 0 unspecified atom stereocenters. The summed E-state index contributed by atoms with van der Waals surface area (Å²) >= 11 is 1.41. The fraction of sp³-hybridized carbons (Fsp3) is 0.667. The molecule has 1 aromatic rings. The molecule has 0 bridgehead atoms. The molecular weight excluding hydrogens is 248 g/mol. The van der Waals surface area contributed by atoms with Crippen molar-refractivity contribution in [1.29, 1.82) is 0 Å². The average Bonchev–Trinajstić information content (AvgIpc) is 2.88. The molecule has 0 aromatic carbocycles. The average molecular weight is 266 g/mol. The molecule has 1 aromatic heterocycles. The quantitative estimate of drug-likeness (QED) is 0.865. The van der Waals surface area contributed by atoms with Crippen LogP contribution in [0.15, 0.2) is 0 Å². The van der Waals surface area contributed by atoms with Crippen LogP contribution in [0, 0.1) is 5.92 Å². The summed E-state index contributed by atoms with van der Waals surface area (Å²) in [5, 5.41) is 3.83. The van der Waals surface area contributed by atoms with E-state index in [1.54, 1.807) is 0 Å². The molecule has 18 heavy (non-hydrogen) atoms. The second-order valence-corrected chi connectivity index (χ2v) is 6.04. The highest BCUT2D eigenvalue weighted by Crippen LogP contribution is 2.31. The summed E-state index contributed by atoms with van der Waals surface area (Å²) in [6, 6.07) is 0. The van der Waals surface area contributed by atoms with Crippen molar-refractivity contribution in [2.75, 3.05) is 30.3 Å². The molecule has 6 heteroatoms. The van der Waals surface area contributed by atoms with Crippen LogP contribution in [0.25, 0.3) is 0 Å². The zero-order valence-corrected chi connectivity index (χ0v) is 11.1. The molecule has 1 amide bonds. The molecule has 0 atom stereocenters. The molecule has 3 rings (SSSR count). The van der Waals surface area contributed by atoms with Crippen LogP contribution in [0.1, 0.15) is 35.4 Å². The number of nitrogens with one attached hydrogen (secondary N) is 1. The van der Waals surface area contributed by atoms with Crippen LogP contribution in [0.3, 0.4) is 0 Å². The van der Waals surface area contributed by atoms with Crippen molar-refractivity contribution in [3.63, 3.8) is 0 Å². The van der Waals surface area contributed by atoms with Gasteiger partial charge in [-0.15, -0.1) is 0 Å². The predicted octanol–water partition coefficient (Wildman–Crippen LogP) is 1.47. The standard InChI is InChI=1S/C12H18N4OS/c13-10-9(11(17)14-7-8-3-4-8)18-12(15-10)16-5-1-2-6-16/h8H,1-7,13H2,(H,14,17). The van der Waals surface area contributed by atoms with Gasteiger partial charge in [-0.1, -0.05) is 11.3 Å². The summed E-state index contributed by atoms with van der Waals surface area (Å²) in [5.74, 6) is 0.985. The molecule has 1 saturated carbocycles. The first kappa shape index (κ1) is 11.8. The van der Waals surface area contributed by atoms with Gasteiger partial charge in [0.15, 0.2) is 5.13 Å². The zero-order valence-electron chi connectivity index (χ0n) is 10.3. The summed E-state index contributed by atoms with van der Waals surface area (Å²) in [6.45, 7) is 2.82. The monoisotopic (exact) mass is 266 g/mol. The second kappa shape index (κ2) is 4.76. The fourth-order valence-electron chi connectivity index (χ4n) is 2.17. The van der Waals surface area contributed by atoms with Crippen molar-refractivity contribution < 1.29 is 4.79 Å². The van der Waals surface area contributed by atoms with E-state index in [4.69, 9.17) is 5.73 Å². The lowest BCUT2D eigenvalue weighted by atomic mass is 10.4. The lowest BCUT2D eigenvalue weighted by Gasteiger charge is -2.11. The Bertz CT molecular complexity index is 449. The molecule has 1 aliphatic heterocycles. The highest BCUT2D eigenvalue weighted by atomic mass is 32.1. The minimum atomic E-state index is -0.0673. The second-order valence-electron chi connectivity index (χ2n) is 5.06. The molecule has 2 fully saturated rings. The van der Waals surface area contributed by atoms with Gasteiger partial charge in [-0.2, -0.15) is 0 Å². The van der Waals surface area contributed by atoms with Gasteiger partial charge in [0.25, 0.3) is 5.91 Å². The minimum Gasteiger partial charge on any atom is -0.382 e. The van der Waals surface area contributed by atoms with Gasteiger partial charge in [0.1, 0.15) is 10.7 Å². The maximum Gasteiger partial charge on any atom is 0.265 e. The number of amides is 1. The summed E-state index contributed by atoms with van der Waals surface area (Å²) in [5.41, 5.74) is 5.84. The van der Waals surface area contributed by atoms with E-state index in [0.29, 0.717) is 16.6 Å². The van der Waals surface area contributed by atoms with Crippen molar-refractivity contribution in [1.82, 2.24) is 10.3 Å². The van der Waals surface area contributed by atoms with Gasteiger partial charge < -0.3 is 16.0 Å². The van der Waals surface area contributed by atoms with Crippen molar-refractivity contribution >= 4 is 28.2 Å². The summed E-state index contributed by atoms with van der Waals surface area (Å²) < 4.78 is 0. The van der Waals surface area contributed by atoms with Gasteiger partial charge in [-0.05, 0) is 31.6 Å². The van der Waals surface area contributed by atoms with E-state index in [1.807, 2.05) is 0 Å². The Hall–Kier alpha value is -1.30. The van der Waals surface area contributed by atoms with E-state index in [2.05, 4.69) is 15.2 Å². The third kappa shape index (κ3) is 2.43. The number of nitrogen functional groups attached to an aromatic ring is 1. The maximum atomic E-state index is 12.0. The topological polar surface area (TPSA) is 71.2 Å². The van der Waals surface area contributed by atoms with Crippen LogP contribution in [0.4, 0.5) is 10.9 Å². The first-order valence-electron chi connectivity index (χ1n) is 6.53. The van der Waals surface area contributed by atoms with E-state index < -0.39 is 0 Å². The number of anilines is 2.